The quantitative estimate of drug-likeness (QED) is 0.695. The van der Waals surface area contributed by atoms with Crippen LogP contribution in [0.15, 0.2) is 42.6 Å². The maximum absolute atomic E-state index is 12.5. The van der Waals surface area contributed by atoms with Crippen molar-refractivity contribution in [3.8, 4) is 10.6 Å². The fourth-order valence-corrected chi connectivity index (χ4v) is 3.04. The van der Waals surface area contributed by atoms with E-state index in [0.717, 1.165) is 23.4 Å². The van der Waals surface area contributed by atoms with E-state index in [1.54, 1.807) is 0 Å². The van der Waals surface area contributed by atoms with Crippen LogP contribution >= 0.6 is 11.3 Å². The second-order valence-corrected chi connectivity index (χ2v) is 6.56. The molecule has 2 N–H and O–H groups in total. The third-order valence-corrected chi connectivity index (χ3v) is 4.46. The van der Waals surface area contributed by atoms with E-state index < -0.39 is 17.9 Å². The topological polar surface area (TPSA) is 79.8 Å². The first-order valence-corrected chi connectivity index (χ1v) is 8.61. The van der Waals surface area contributed by atoms with Crippen LogP contribution in [0.5, 0.6) is 0 Å². The summed E-state index contributed by atoms with van der Waals surface area (Å²) >= 11 is 1.22. The zero-order valence-electron chi connectivity index (χ0n) is 14.0. The molecular weight excluding hydrogens is 379 g/mol. The number of halogens is 3. The van der Waals surface area contributed by atoms with Crippen LogP contribution in [0.4, 0.5) is 23.1 Å². The standard InChI is InChI=1S/C17H14F3N5OS/c1-10-4-2-3-5-12(10)14-24-25-16(27-14)23-15(26)22-9-11-6-7-13(21-8-11)17(18,19)20/h2-8H,9H2,1H3,(H2,22,23,25,26). The van der Waals surface area contributed by atoms with Gasteiger partial charge in [-0.2, -0.15) is 13.2 Å². The Kier molecular flexibility index (Phi) is 5.36. The Morgan fingerprint density at radius 1 is 1.15 bits per heavy atom. The summed E-state index contributed by atoms with van der Waals surface area (Å²) in [6.45, 7) is 1.98. The molecule has 140 valence electrons. The molecule has 0 fully saturated rings. The van der Waals surface area contributed by atoms with E-state index in [4.69, 9.17) is 0 Å². The molecule has 2 aromatic heterocycles. The number of urea groups is 1. The van der Waals surface area contributed by atoms with Crippen molar-refractivity contribution in [2.75, 3.05) is 5.32 Å². The van der Waals surface area contributed by atoms with Gasteiger partial charge in [-0.05, 0) is 24.1 Å². The number of benzene rings is 1. The fraction of sp³-hybridized carbons (Fsp3) is 0.176. The first-order valence-electron chi connectivity index (χ1n) is 7.79. The zero-order valence-corrected chi connectivity index (χ0v) is 14.9. The van der Waals surface area contributed by atoms with E-state index in [1.807, 2.05) is 31.2 Å². The number of hydrogen-bond acceptors (Lipinski definition) is 5. The lowest BCUT2D eigenvalue weighted by molar-refractivity contribution is -0.141. The summed E-state index contributed by atoms with van der Waals surface area (Å²) in [6, 6.07) is 9.27. The van der Waals surface area contributed by atoms with Crippen molar-refractivity contribution in [3.63, 3.8) is 0 Å². The number of nitrogens with one attached hydrogen (secondary N) is 2. The largest absolute Gasteiger partial charge is 0.433 e. The normalized spacial score (nSPS) is 11.3. The minimum Gasteiger partial charge on any atom is -0.334 e. The molecule has 1 aromatic carbocycles. The number of rotatable bonds is 4. The van der Waals surface area contributed by atoms with Gasteiger partial charge in [0.1, 0.15) is 10.7 Å². The first kappa shape index (κ1) is 18.8. The second kappa shape index (κ2) is 7.70. The molecule has 10 heteroatoms. The molecule has 0 saturated carbocycles. The van der Waals surface area contributed by atoms with Gasteiger partial charge in [0.2, 0.25) is 5.13 Å². The molecule has 0 spiro atoms. The van der Waals surface area contributed by atoms with Crippen molar-refractivity contribution in [3.05, 3.63) is 59.4 Å². The molecule has 0 aliphatic heterocycles. The monoisotopic (exact) mass is 393 g/mol. The lowest BCUT2D eigenvalue weighted by Crippen LogP contribution is -2.28. The number of alkyl halides is 3. The van der Waals surface area contributed by atoms with Crippen LogP contribution in [0.3, 0.4) is 0 Å². The number of pyridine rings is 1. The summed E-state index contributed by atoms with van der Waals surface area (Å²) in [7, 11) is 0. The van der Waals surface area contributed by atoms with Gasteiger partial charge < -0.3 is 5.32 Å². The molecule has 0 radical (unpaired) electrons. The Bertz CT molecular complexity index is 940. The van der Waals surface area contributed by atoms with Crippen LogP contribution in [0.2, 0.25) is 0 Å². The van der Waals surface area contributed by atoms with Crippen molar-refractivity contribution in [1.82, 2.24) is 20.5 Å². The van der Waals surface area contributed by atoms with Gasteiger partial charge in [0.25, 0.3) is 0 Å². The predicted octanol–water partition coefficient (Wildman–Crippen LogP) is 4.25. The fourth-order valence-electron chi connectivity index (χ4n) is 2.22. The van der Waals surface area contributed by atoms with Gasteiger partial charge in [-0.3, -0.25) is 10.3 Å². The molecule has 3 rings (SSSR count). The molecule has 6 nitrogen and oxygen atoms in total. The van der Waals surface area contributed by atoms with E-state index in [9.17, 15) is 18.0 Å². The van der Waals surface area contributed by atoms with E-state index in [-0.39, 0.29) is 6.54 Å². The highest BCUT2D eigenvalue weighted by atomic mass is 32.1. The molecule has 0 aliphatic carbocycles. The third-order valence-electron chi connectivity index (χ3n) is 3.59. The average Bonchev–Trinajstić information content (AvgIpc) is 3.08. The van der Waals surface area contributed by atoms with Crippen LogP contribution < -0.4 is 10.6 Å². The van der Waals surface area contributed by atoms with Gasteiger partial charge in [-0.25, -0.2) is 4.79 Å². The molecule has 0 unspecified atom stereocenters. The third kappa shape index (κ3) is 4.79. The molecule has 0 saturated heterocycles. The lowest BCUT2D eigenvalue weighted by atomic mass is 10.1. The Morgan fingerprint density at radius 2 is 1.93 bits per heavy atom. The van der Waals surface area contributed by atoms with Gasteiger partial charge in [0.05, 0.1) is 0 Å². The minimum absolute atomic E-state index is 0.0282. The van der Waals surface area contributed by atoms with E-state index in [2.05, 4.69) is 25.8 Å². The molecular formula is C17H14F3N5OS. The number of anilines is 1. The summed E-state index contributed by atoms with van der Waals surface area (Å²) < 4.78 is 37.4. The van der Waals surface area contributed by atoms with Crippen molar-refractivity contribution in [2.24, 2.45) is 0 Å². The van der Waals surface area contributed by atoms with Crippen LogP contribution in [-0.2, 0) is 12.7 Å². The molecule has 0 bridgehead atoms. The molecule has 27 heavy (non-hydrogen) atoms. The Labute approximate surface area is 156 Å². The Balaban J connectivity index is 1.56. The van der Waals surface area contributed by atoms with Crippen LogP contribution in [0.25, 0.3) is 10.6 Å². The zero-order chi connectivity index (χ0) is 19.4. The molecule has 0 aliphatic rings. The summed E-state index contributed by atoms with van der Waals surface area (Å²) in [5.74, 6) is 0. The maximum Gasteiger partial charge on any atom is 0.433 e. The van der Waals surface area contributed by atoms with E-state index >= 15 is 0 Å². The Morgan fingerprint density at radius 3 is 2.59 bits per heavy atom. The smallest absolute Gasteiger partial charge is 0.334 e. The van der Waals surface area contributed by atoms with Crippen molar-refractivity contribution < 1.29 is 18.0 Å². The summed E-state index contributed by atoms with van der Waals surface area (Å²) in [4.78, 5) is 15.3. The van der Waals surface area contributed by atoms with Crippen LogP contribution in [0.1, 0.15) is 16.8 Å². The van der Waals surface area contributed by atoms with E-state index in [0.29, 0.717) is 15.7 Å². The van der Waals surface area contributed by atoms with E-state index in [1.165, 1.54) is 17.4 Å². The summed E-state index contributed by atoms with van der Waals surface area (Å²) in [5, 5.41) is 14.1. The second-order valence-electron chi connectivity index (χ2n) is 5.58. The SMILES string of the molecule is Cc1ccccc1-c1nnc(NC(=O)NCc2ccc(C(F)(F)F)nc2)s1. The summed E-state index contributed by atoms with van der Waals surface area (Å²) in [6.07, 6.45) is -3.42. The number of aryl methyl sites for hydroxylation is 1. The van der Waals surface area contributed by atoms with Gasteiger partial charge in [0, 0.05) is 18.3 Å². The van der Waals surface area contributed by atoms with Gasteiger partial charge in [0.15, 0.2) is 0 Å². The first-order chi connectivity index (χ1) is 12.8. The van der Waals surface area contributed by atoms with Crippen LogP contribution in [0, 0.1) is 6.92 Å². The van der Waals surface area contributed by atoms with Gasteiger partial charge >= 0.3 is 12.2 Å². The highest BCUT2D eigenvalue weighted by molar-refractivity contribution is 7.18. The van der Waals surface area contributed by atoms with Crippen molar-refractivity contribution in [1.29, 1.82) is 0 Å². The number of carbonyl (C=O) groups excluding carboxylic acids is 1. The summed E-state index contributed by atoms with van der Waals surface area (Å²) in [5.41, 5.74) is 1.43. The number of aromatic nitrogens is 3. The molecule has 2 amide bonds. The minimum atomic E-state index is -4.49. The van der Waals surface area contributed by atoms with Gasteiger partial charge in [-0.1, -0.05) is 41.7 Å². The lowest BCUT2D eigenvalue weighted by Gasteiger charge is -2.07. The van der Waals surface area contributed by atoms with Gasteiger partial charge in [-0.15, -0.1) is 10.2 Å². The highest BCUT2D eigenvalue weighted by Gasteiger charge is 2.31. The number of carbonyl (C=O) groups is 1. The molecule has 3 aromatic rings. The molecule has 2 heterocycles. The Hall–Kier alpha value is -3.01. The van der Waals surface area contributed by atoms with Crippen molar-refractivity contribution in [2.45, 2.75) is 19.6 Å². The predicted molar refractivity (Wildman–Crippen MR) is 95.2 cm³/mol. The average molecular weight is 393 g/mol. The highest BCUT2D eigenvalue weighted by Crippen LogP contribution is 2.29. The number of nitrogens with zero attached hydrogens (tertiary/aromatic N) is 3. The van der Waals surface area contributed by atoms with Crippen LogP contribution in [-0.4, -0.2) is 21.2 Å². The van der Waals surface area contributed by atoms with Crippen molar-refractivity contribution >= 4 is 22.5 Å². The number of amides is 2. The number of hydrogen-bond donors (Lipinski definition) is 2. The maximum atomic E-state index is 12.5. The molecule has 0 atom stereocenters.